The maximum atomic E-state index is 9.59. The second kappa shape index (κ2) is 4.55. The number of aliphatic hydroxyl groups excluding tert-OH is 1. The van der Waals surface area contributed by atoms with Crippen LogP contribution in [0.4, 0.5) is 0 Å². The van der Waals surface area contributed by atoms with Gasteiger partial charge in [0, 0.05) is 3.58 Å². The number of aliphatic hydroxyl groups is 1. The van der Waals surface area contributed by atoms with E-state index in [0.29, 0.717) is 0 Å². The molecule has 0 bridgehead atoms. The van der Waals surface area contributed by atoms with Crippen LogP contribution in [0.25, 0.3) is 0 Å². The third-order valence-electron chi connectivity index (χ3n) is 2.37. The summed E-state index contributed by atoms with van der Waals surface area (Å²) in [7, 11) is 0. The molecule has 0 amide bonds. The molecule has 2 atom stereocenters. The van der Waals surface area contributed by atoms with Gasteiger partial charge in [0.05, 0.1) is 3.42 Å². The molecule has 0 spiro atoms. The first-order valence-corrected chi connectivity index (χ1v) is 6.78. The summed E-state index contributed by atoms with van der Waals surface area (Å²) in [6.45, 7) is 0. The molecule has 0 aliphatic heterocycles. The van der Waals surface area contributed by atoms with E-state index >= 15 is 0 Å². The van der Waals surface area contributed by atoms with Crippen molar-refractivity contribution in [2.75, 3.05) is 0 Å². The molecule has 0 heterocycles. The number of allylic oxidation sites excluding steroid dienone is 2. The fourth-order valence-electron chi connectivity index (χ4n) is 1.53. The lowest BCUT2D eigenvalue weighted by atomic mass is 9.94. The van der Waals surface area contributed by atoms with Crippen molar-refractivity contribution in [2.24, 2.45) is 0 Å². The fraction of sp³-hybridized carbons (Fsp3) is 0.167. The van der Waals surface area contributed by atoms with Gasteiger partial charge in [-0.1, -0.05) is 65.1 Å². The van der Waals surface area contributed by atoms with Crippen molar-refractivity contribution < 1.29 is 5.11 Å². The predicted octanol–water partition coefficient (Wildman–Crippen LogP) is 3.57. The second-order valence-electron chi connectivity index (χ2n) is 3.47. The van der Waals surface area contributed by atoms with E-state index in [2.05, 4.69) is 69.5 Å². The van der Waals surface area contributed by atoms with Crippen LogP contribution in [0.5, 0.6) is 0 Å². The highest BCUT2D eigenvalue weighted by Crippen LogP contribution is 2.40. The number of rotatable bonds is 1. The molecule has 1 N–H and O–H groups in total. The molecular weight excluding hydrogens is 414 g/mol. The maximum Gasteiger partial charge on any atom is 0.103 e. The summed E-state index contributed by atoms with van der Waals surface area (Å²) in [6.07, 6.45) is 5.57. The first-order chi connectivity index (χ1) is 7.12. The summed E-state index contributed by atoms with van der Waals surface area (Å²) in [6, 6.07) is 10.3. The van der Waals surface area contributed by atoms with Gasteiger partial charge >= 0.3 is 0 Å². The maximum absolute atomic E-state index is 9.59. The van der Waals surface area contributed by atoms with Crippen LogP contribution in [0.1, 0.15) is 5.56 Å². The van der Waals surface area contributed by atoms with Gasteiger partial charge in [0.1, 0.15) is 6.10 Å². The van der Waals surface area contributed by atoms with Crippen molar-refractivity contribution in [3.63, 3.8) is 0 Å². The van der Waals surface area contributed by atoms with E-state index in [4.69, 9.17) is 0 Å². The minimum atomic E-state index is -0.433. The van der Waals surface area contributed by atoms with Crippen molar-refractivity contribution in [1.29, 1.82) is 0 Å². The van der Waals surface area contributed by atoms with Gasteiger partial charge in [0.15, 0.2) is 0 Å². The highest BCUT2D eigenvalue weighted by Gasteiger charge is 2.27. The Bertz CT molecular complexity index is 411. The molecule has 1 nitrogen and oxygen atoms in total. The van der Waals surface area contributed by atoms with Crippen LogP contribution in [0.2, 0.25) is 0 Å². The van der Waals surface area contributed by atoms with E-state index in [9.17, 15) is 5.11 Å². The fourth-order valence-corrected chi connectivity index (χ4v) is 3.73. The van der Waals surface area contributed by atoms with Gasteiger partial charge in [-0.15, -0.1) is 0 Å². The largest absolute Gasteiger partial charge is 0.384 e. The predicted molar refractivity (Wildman–Crippen MR) is 79.4 cm³/mol. The Morgan fingerprint density at radius 1 is 1.20 bits per heavy atom. The Morgan fingerprint density at radius 2 is 1.87 bits per heavy atom. The Kier molecular flexibility index (Phi) is 3.52. The first kappa shape index (κ1) is 11.6. The lowest BCUT2D eigenvalue weighted by molar-refractivity contribution is 0.267. The molecule has 0 saturated carbocycles. The third kappa shape index (κ3) is 2.45. The molecule has 0 aromatic heterocycles. The van der Waals surface area contributed by atoms with E-state index in [-0.39, 0.29) is 3.42 Å². The molecule has 15 heavy (non-hydrogen) atoms. The highest BCUT2D eigenvalue weighted by molar-refractivity contribution is 14.1. The molecule has 1 aromatic rings. The van der Waals surface area contributed by atoms with Crippen molar-refractivity contribution in [1.82, 2.24) is 0 Å². The molecule has 1 aromatic carbocycles. The summed E-state index contributed by atoms with van der Waals surface area (Å²) < 4.78 is 0.864. The standard InChI is InChI=1S/C12H10I2O/c13-10-8-12(14,7-6-11(10)15)9-4-2-1-3-5-9/h1-8,11,15H. The lowest BCUT2D eigenvalue weighted by Crippen LogP contribution is -2.19. The van der Waals surface area contributed by atoms with E-state index in [1.54, 1.807) is 0 Å². The lowest BCUT2D eigenvalue weighted by Gasteiger charge is -2.26. The molecule has 78 valence electrons. The van der Waals surface area contributed by atoms with Gasteiger partial charge in [-0.05, 0) is 34.2 Å². The van der Waals surface area contributed by atoms with Crippen LogP contribution in [0, 0.1) is 0 Å². The zero-order valence-electron chi connectivity index (χ0n) is 7.90. The van der Waals surface area contributed by atoms with Crippen molar-refractivity contribution in [2.45, 2.75) is 9.53 Å². The monoisotopic (exact) mass is 424 g/mol. The van der Waals surface area contributed by atoms with E-state index in [1.807, 2.05) is 24.3 Å². The summed E-state index contributed by atoms with van der Waals surface area (Å²) in [5.74, 6) is 0. The smallest absolute Gasteiger partial charge is 0.103 e. The number of alkyl halides is 1. The van der Waals surface area contributed by atoms with E-state index in [0.717, 1.165) is 3.58 Å². The van der Waals surface area contributed by atoms with Crippen molar-refractivity contribution in [3.05, 3.63) is 57.7 Å². The summed E-state index contributed by atoms with van der Waals surface area (Å²) in [5, 5.41) is 9.59. The van der Waals surface area contributed by atoms with Crippen LogP contribution in [0.3, 0.4) is 0 Å². The summed E-state index contributed by atoms with van der Waals surface area (Å²) in [5.41, 5.74) is 1.24. The average Bonchev–Trinajstić information content (AvgIpc) is 2.26. The minimum absolute atomic E-state index is 0.116. The number of hydrogen-bond acceptors (Lipinski definition) is 1. The quantitative estimate of drug-likeness (QED) is 0.416. The van der Waals surface area contributed by atoms with Crippen LogP contribution in [0.15, 0.2) is 52.1 Å². The molecule has 3 heteroatoms. The van der Waals surface area contributed by atoms with Crippen LogP contribution >= 0.6 is 45.2 Å². The Hall–Kier alpha value is 0.120. The highest BCUT2D eigenvalue weighted by atomic mass is 127. The van der Waals surface area contributed by atoms with Gasteiger partial charge in [0.25, 0.3) is 0 Å². The van der Waals surface area contributed by atoms with Gasteiger partial charge in [0.2, 0.25) is 0 Å². The SMILES string of the molecule is OC1C=CC(I)(c2ccccc2)C=C1I. The number of benzene rings is 1. The Labute approximate surface area is 117 Å². The number of halogens is 2. The Morgan fingerprint density at radius 3 is 2.47 bits per heavy atom. The zero-order valence-corrected chi connectivity index (χ0v) is 12.2. The van der Waals surface area contributed by atoms with Crippen molar-refractivity contribution in [3.8, 4) is 0 Å². The van der Waals surface area contributed by atoms with Gasteiger partial charge < -0.3 is 5.11 Å². The summed E-state index contributed by atoms with van der Waals surface area (Å²) in [4.78, 5) is 0. The van der Waals surface area contributed by atoms with Crippen LogP contribution in [-0.4, -0.2) is 11.2 Å². The number of hydrogen-bond donors (Lipinski definition) is 1. The molecule has 1 aliphatic rings. The molecule has 0 saturated heterocycles. The normalized spacial score (nSPS) is 30.1. The van der Waals surface area contributed by atoms with E-state index < -0.39 is 6.10 Å². The topological polar surface area (TPSA) is 20.2 Å². The van der Waals surface area contributed by atoms with Crippen molar-refractivity contribution >= 4 is 45.2 Å². The molecule has 2 rings (SSSR count). The molecular formula is C12H10I2O. The molecule has 0 radical (unpaired) electrons. The zero-order chi connectivity index (χ0) is 10.9. The van der Waals surface area contributed by atoms with E-state index in [1.165, 1.54) is 5.56 Å². The van der Waals surface area contributed by atoms with Crippen LogP contribution < -0.4 is 0 Å². The minimum Gasteiger partial charge on any atom is -0.384 e. The molecule has 2 unspecified atom stereocenters. The van der Waals surface area contributed by atoms with Crippen LogP contribution in [-0.2, 0) is 3.42 Å². The second-order valence-corrected chi connectivity index (χ2v) is 6.50. The molecule has 0 fully saturated rings. The third-order valence-corrected chi connectivity index (χ3v) is 4.61. The molecule has 1 aliphatic carbocycles. The van der Waals surface area contributed by atoms with Gasteiger partial charge in [-0.3, -0.25) is 0 Å². The first-order valence-electron chi connectivity index (χ1n) is 4.62. The van der Waals surface area contributed by atoms with Gasteiger partial charge in [-0.2, -0.15) is 0 Å². The average molecular weight is 424 g/mol. The Balaban J connectivity index is 2.41. The summed E-state index contributed by atoms with van der Waals surface area (Å²) >= 11 is 4.59. The van der Waals surface area contributed by atoms with Gasteiger partial charge in [-0.25, -0.2) is 0 Å².